The minimum Gasteiger partial charge on any atom is -0.338 e. The molecule has 0 aromatic heterocycles. The molecule has 4 amide bonds. The number of hydrogen-bond acceptors (Lipinski definition) is 3. The molecule has 0 unspecified atom stereocenters. The van der Waals surface area contributed by atoms with Crippen LogP contribution in [0, 0.1) is 0 Å². The fraction of sp³-hybridized carbons (Fsp3) is 0.471. The summed E-state index contributed by atoms with van der Waals surface area (Å²) in [7, 11) is 0. The van der Waals surface area contributed by atoms with E-state index in [9.17, 15) is 27.6 Å². The average Bonchev–Trinajstić information content (AvgIpc) is 2.84. The predicted octanol–water partition coefficient (Wildman–Crippen LogP) is 2.25. The topological polar surface area (TPSA) is 69.7 Å². The van der Waals surface area contributed by atoms with E-state index in [1.54, 1.807) is 6.92 Å². The number of piperidine rings is 1. The van der Waals surface area contributed by atoms with Gasteiger partial charge in [0.1, 0.15) is 5.54 Å². The molecule has 1 aromatic carbocycles. The van der Waals surface area contributed by atoms with E-state index >= 15 is 0 Å². The van der Waals surface area contributed by atoms with Crippen LogP contribution in [0.15, 0.2) is 24.3 Å². The van der Waals surface area contributed by atoms with Crippen molar-refractivity contribution < 1.29 is 27.6 Å². The van der Waals surface area contributed by atoms with Gasteiger partial charge in [-0.1, -0.05) is 0 Å². The molecule has 0 radical (unpaired) electrons. The Hall–Kier alpha value is -2.58. The van der Waals surface area contributed by atoms with E-state index in [0.717, 1.165) is 29.2 Å². The second kappa shape index (κ2) is 6.30. The van der Waals surface area contributed by atoms with Gasteiger partial charge in [-0.05, 0) is 44.0 Å². The molecule has 0 aliphatic carbocycles. The lowest BCUT2D eigenvalue weighted by Gasteiger charge is -2.37. The van der Waals surface area contributed by atoms with Crippen molar-refractivity contribution >= 4 is 17.8 Å². The Labute approximate surface area is 147 Å². The monoisotopic (exact) mass is 369 g/mol. The molecule has 2 saturated heterocycles. The van der Waals surface area contributed by atoms with Crippen LogP contribution in [0.5, 0.6) is 0 Å². The van der Waals surface area contributed by atoms with Crippen LogP contribution in [-0.2, 0) is 11.0 Å². The Kier molecular flexibility index (Phi) is 4.41. The number of carbonyl (C=O) groups excluding carboxylic acids is 3. The Bertz CT molecular complexity index is 738. The normalized spacial score (nSPS) is 19.8. The predicted molar refractivity (Wildman–Crippen MR) is 85.2 cm³/mol. The van der Waals surface area contributed by atoms with Gasteiger partial charge in [-0.3, -0.25) is 14.5 Å². The fourth-order valence-electron chi connectivity index (χ4n) is 3.38. The molecule has 2 fully saturated rings. The minimum atomic E-state index is -4.45. The second-order valence-electron chi connectivity index (χ2n) is 6.43. The van der Waals surface area contributed by atoms with E-state index in [1.165, 1.54) is 4.90 Å². The SMILES string of the molecule is CCN1C(=O)NC2(CCN(C(=O)c3ccc(C(F)(F)F)cc3)CC2)C1=O. The number of imide groups is 1. The van der Waals surface area contributed by atoms with Crippen molar-refractivity contribution in [1.29, 1.82) is 0 Å². The van der Waals surface area contributed by atoms with Gasteiger partial charge in [0.15, 0.2) is 0 Å². The summed E-state index contributed by atoms with van der Waals surface area (Å²) in [6.07, 6.45) is -3.90. The lowest BCUT2D eigenvalue weighted by molar-refractivity contribution is -0.137. The highest BCUT2D eigenvalue weighted by Gasteiger charge is 2.52. The third kappa shape index (κ3) is 3.02. The van der Waals surface area contributed by atoms with Gasteiger partial charge in [0.2, 0.25) is 0 Å². The smallest absolute Gasteiger partial charge is 0.338 e. The Morgan fingerprint density at radius 3 is 2.19 bits per heavy atom. The molecule has 6 nitrogen and oxygen atoms in total. The maximum atomic E-state index is 12.6. The molecule has 26 heavy (non-hydrogen) atoms. The minimum absolute atomic E-state index is 0.158. The van der Waals surface area contributed by atoms with Crippen LogP contribution in [0.4, 0.5) is 18.0 Å². The number of likely N-dealkylation sites (tertiary alicyclic amines) is 1. The maximum absolute atomic E-state index is 12.6. The number of alkyl halides is 3. The number of likely N-dealkylation sites (N-methyl/N-ethyl adjacent to an activating group) is 1. The highest BCUT2D eigenvalue weighted by atomic mass is 19.4. The fourth-order valence-corrected chi connectivity index (χ4v) is 3.38. The first-order chi connectivity index (χ1) is 12.2. The van der Waals surface area contributed by atoms with E-state index in [4.69, 9.17) is 0 Å². The zero-order valence-corrected chi connectivity index (χ0v) is 14.1. The largest absolute Gasteiger partial charge is 0.416 e. The van der Waals surface area contributed by atoms with Gasteiger partial charge in [0, 0.05) is 25.2 Å². The van der Waals surface area contributed by atoms with Gasteiger partial charge in [0.05, 0.1) is 5.56 Å². The average molecular weight is 369 g/mol. The van der Waals surface area contributed by atoms with E-state index in [0.29, 0.717) is 0 Å². The molecule has 1 N–H and O–H groups in total. The van der Waals surface area contributed by atoms with E-state index in [1.807, 2.05) is 0 Å². The zero-order chi connectivity index (χ0) is 19.1. The van der Waals surface area contributed by atoms with Crippen LogP contribution in [0.2, 0.25) is 0 Å². The van der Waals surface area contributed by atoms with Crippen molar-refractivity contribution in [1.82, 2.24) is 15.1 Å². The molecule has 0 atom stereocenters. The van der Waals surface area contributed by atoms with Crippen molar-refractivity contribution in [2.75, 3.05) is 19.6 Å². The highest BCUT2D eigenvalue weighted by Crippen LogP contribution is 2.31. The first-order valence-corrected chi connectivity index (χ1v) is 8.28. The van der Waals surface area contributed by atoms with Crippen molar-refractivity contribution in [3.8, 4) is 0 Å². The van der Waals surface area contributed by atoms with Gasteiger partial charge < -0.3 is 10.2 Å². The van der Waals surface area contributed by atoms with Crippen molar-refractivity contribution in [2.24, 2.45) is 0 Å². The van der Waals surface area contributed by atoms with Crippen molar-refractivity contribution in [3.05, 3.63) is 35.4 Å². The standard InChI is InChI=1S/C17H18F3N3O3/c1-2-23-14(25)16(21-15(23)26)7-9-22(10-8-16)13(24)11-3-5-12(6-4-11)17(18,19)20/h3-6H,2,7-10H2,1H3,(H,21,26). The Morgan fingerprint density at radius 2 is 1.73 bits per heavy atom. The summed E-state index contributed by atoms with van der Waals surface area (Å²) in [4.78, 5) is 39.4. The molecule has 1 spiro atoms. The number of rotatable bonds is 2. The van der Waals surface area contributed by atoms with E-state index < -0.39 is 29.2 Å². The first kappa shape index (κ1) is 18.2. The molecule has 0 saturated carbocycles. The molecule has 3 rings (SSSR count). The van der Waals surface area contributed by atoms with Crippen LogP contribution >= 0.6 is 0 Å². The summed E-state index contributed by atoms with van der Waals surface area (Å²) in [6, 6.07) is 3.62. The molecule has 2 aliphatic heterocycles. The summed E-state index contributed by atoms with van der Waals surface area (Å²) in [5.41, 5.74) is -1.64. The second-order valence-corrected chi connectivity index (χ2v) is 6.43. The van der Waals surface area contributed by atoms with Crippen LogP contribution in [0.3, 0.4) is 0 Å². The van der Waals surface area contributed by atoms with Crippen LogP contribution in [0.25, 0.3) is 0 Å². The van der Waals surface area contributed by atoms with Crippen LogP contribution in [0.1, 0.15) is 35.7 Å². The molecular weight excluding hydrogens is 351 g/mol. The summed E-state index contributed by atoms with van der Waals surface area (Å²) in [5, 5.41) is 2.72. The van der Waals surface area contributed by atoms with Crippen LogP contribution in [-0.4, -0.2) is 52.8 Å². The molecule has 9 heteroatoms. The quantitative estimate of drug-likeness (QED) is 0.813. The summed E-state index contributed by atoms with van der Waals surface area (Å²) in [6.45, 7) is 2.47. The number of nitrogens with one attached hydrogen (secondary N) is 1. The number of benzene rings is 1. The van der Waals surface area contributed by atoms with Gasteiger partial charge in [0.25, 0.3) is 11.8 Å². The zero-order valence-electron chi connectivity index (χ0n) is 14.1. The van der Waals surface area contributed by atoms with Gasteiger partial charge in [-0.25, -0.2) is 4.79 Å². The highest BCUT2D eigenvalue weighted by molar-refractivity contribution is 6.07. The van der Waals surface area contributed by atoms with Gasteiger partial charge in [-0.15, -0.1) is 0 Å². The third-order valence-corrected chi connectivity index (χ3v) is 4.93. The summed E-state index contributed by atoms with van der Waals surface area (Å²) >= 11 is 0. The number of nitrogens with zero attached hydrogens (tertiary/aromatic N) is 2. The summed E-state index contributed by atoms with van der Waals surface area (Å²) < 4.78 is 37.8. The first-order valence-electron chi connectivity index (χ1n) is 8.28. The lowest BCUT2D eigenvalue weighted by Crippen LogP contribution is -2.55. The molecule has 140 valence electrons. The number of amides is 4. The summed E-state index contributed by atoms with van der Waals surface area (Å²) in [5.74, 6) is -0.677. The maximum Gasteiger partial charge on any atom is 0.416 e. The molecule has 1 aromatic rings. The third-order valence-electron chi connectivity index (χ3n) is 4.93. The lowest BCUT2D eigenvalue weighted by atomic mass is 9.87. The molecule has 2 heterocycles. The van der Waals surface area contributed by atoms with Crippen molar-refractivity contribution in [3.63, 3.8) is 0 Å². The number of urea groups is 1. The molecule has 2 aliphatic rings. The van der Waals surface area contributed by atoms with Gasteiger partial charge in [-0.2, -0.15) is 13.2 Å². The van der Waals surface area contributed by atoms with Crippen LogP contribution < -0.4 is 5.32 Å². The Balaban J connectivity index is 1.68. The van der Waals surface area contributed by atoms with E-state index in [2.05, 4.69) is 5.32 Å². The number of carbonyl (C=O) groups is 3. The Morgan fingerprint density at radius 1 is 1.15 bits per heavy atom. The number of hydrogen-bond donors (Lipinski definition) is 1. The van der Waals surface area contributed by atoms with Gasteiger partial charge >= 0.3 is 12.2 Å². The van der Waals surface area contributed by atoms with Crippen molar-refractivity contribution in [2.45, 2.75) is 31.5 Å². The molecular formula is C17H18F3N3O3. The molecule has 0 bridgehead atoms. The van der Waals surface area contributed by atoms with E-state index in [-0.39, 0.29) is 43.9 Å². The number of halogens is 3.